The van der Waals surface area contributed by atoms with Crippen LogP contribution in [-0.4, -0.2) is 15.7 Å². The van der Waals surface area contributed by atoms with Gasteiger partial charge in [0, 0.05) is 19.0 Å². The first-order valence-corrected chi connectivity index (χ1v) is 5.89. The molecule has 3 N–H and O–H groups in total. The van der Waals surface area contributed by atoms with E-state index in [9.17, 15) is 14.0 Å². The van der Waals surface area contributed by atoms with Crippen LogP contribution in [0, 0.1) is 5.82 Å². The number of hydrogen-bond acceptors (Lipinski definition) is 3. The summed E-state index contributed by atoms with van der Waals surface area (Å²) in [7, 11) is 0. The number of halogens is 1. The Morgan fingerprint density at radius 3 is 2.58 bits per heavy atom. The number of benzene rings is 1. The molecule has 0 unspecified atom stereocenters. The van der Waals surface area contributed by atoms with E-state index in [2.05, 4.69) is 5.10 Å². The molecule has 2 aromatic rings. The molecule has 1 aromatic heterocycles. The number of carbonyl (C=O) groups excluding carboxylic acids is 1. The van der Waals surface area contributed by atoms with Gasteiger partial charge in [-0.3, -0.25) is 14.7 Å². The standard InChI is InChI=1S/C13H14FN3O2/c14-10-4-1-9(2-5-10)3-6-12(18)17-13(19)7-11(8-15)16-17/h1-2,4-5,7,16H,3,6,8,15H2. The quantitative estimate of drug-likeness (QED) is 0.865. The second-order valence-electron chi connectivity index (χ2n) is 4.18. The van der Waals surface area contributed by atoms with Crippen LogP contribution in [0.1, 0.15) is 22.5 Å². The van der Waals surface area contributed by atoms with Crippen LogP contribution in [0.4, 0.5) is 4.39 Å². The molecule has 100 valence electrons. The first kappa shape index (κ1) is 13.2. The summed E-state index contributed by atoms with van der Waals surface area (Å²) in [4.78, 5) is 23.4. The molecule has 0 radical (unpaired) electrons. The average molecular weight is 263 g/mol. The van der Waals surface area contributed by atoms with Gasteiger partial charge in [0.25, 0.3) is 5.56 Å². The highest BCUT2D eigenvalue weighted by Crippen LogP contribution is 2.06. The number of nitrogens with zero attached hydrogens (tertiary/aromatic N) is 1. The second kappa shape index (κ2) is 5.62. The number of aryl methyl sites for hydroxylation is 1. The van der Waals surface area contributed by atoms with Crippen molar-refractivity contribution < 1.29 is 9.18 Å². The number of carbonyl (C=O) groups is 1. The number of nitrogens with one attached hydrogen (secondary N) is 1. The number of rotatable bonds is 4. The molecule has 2 rings (SSSR count). The summed E-state index contributed by atoms with van der Waals surface area (Å²) < 4.78 is 13.7. The van der Waals surface area contributed by atoms with Crippen LogP contribution < -0.4 is 11.3 Å². The number of aromatic amines is 1. The van der Waals surface area contributed by atoms with Gasteiger partial charge in [-0.05, 0) is 24.1 Å². The molecule has 0 aliphatic rings. The maximum Gasteiger partial charge on any atom is 0.273 e. The summed E-state index contributed by atoms with van der Waals surface area (Å²) in [5.41, 5.74) is 6.32. The maximum absolute atomic E-state index is 12.7. The van der Waals surface area contributed by atoms with Crippen LogP contribution in [0.5, 0.6) is 0 Å². The van der Waals surface area contributed by atoms with E-state index >= 15 is 0 Å². The van der Waals surface area contributed by atoms with Crippen LogP contribution in [0.15, 0.2) is 35.1 Å². The molecule has 0 bridgehead atoms. The van der Waals surface area contributed by atoms with Crippen molar-refractivity contribution in [2.75, 3.05) is 0 Å². The van der Waals surface area contributed by atoms with E-state index in [1.165, 1.54) is 18.2 Å². The van der Waals surface area contributed by atoms with Crippen LogP contribution in [0.2, 0.25) is 0 Å². The summed E-state index contributed by atoms with van der Waals surface area (Å²) in [6.07, 6.45) is 0.610. The predicted octanol–water partition coefficient (Wildman–Crippen LogP) is 1.05. The van der Waals surface area contributed by atoms with E-state index < -0.39 is 5.56 Å². The topological polar surface area (TPSA) is 80.9 Å². The van der Waals surface area contributed by atoms with Gasteiger partial charge in [0.15, 0.2) is 0 Å². The van der Waals surface area contributed by atoms with E-state index in [0.29, 0.717) is 12.1 Å². The number of aromatic nitrogens is 2. The molecule has 0 aliphatic heterocycles. The summed E-state index contributed by atoms with van der Waals surface area (Å²) in [6.45, 7) is 0.174. The van der Waals surface area contributed by atoms with Crippen molar-refractivity contribution in [2.45, 2.75) is 19.4 Å². The lowest BCUT2D eigenvalue weighted by atomic mass is 10.1. The SMILES string of the molecule is NCc1cc(=O)n(C(=O)CCc2ccc(F)cc2)[nH]1. The zero-order valence-electron chi connectivity index (χ0n) is 10.2. The zero-order chi connectivity index (χ0) is 13.8. The predicted molar refractivity (Wildman–Crippen MR) is 68.3 cm³/mol. The molecule has 0 aliphatic carbocycles. The third-order valence-electron chi connectivity index (χ3n) is 2.78. The second-order valence-corrected chi connectivity index (χ2v) is 4.18. The van der Waals surface area contributed by atoms with Gasteiger partial charge in [-0.15, -0.1) is 0 Å². The van der Waals surface area contributed by atoms with Crippen LogP contribution in [-0.2, 0) is 13.0 Å². The zero-order valence-corrected chi connectivity index (χ0v) is 10.2. The minimum atomic E-state index is -0.412. The number of H-pyrrole nitrogens is 1. The largest absolute Gasteiger partial charge is 0.325 e. The molecule has 0 amide bonds. The monoisotopic (exact) mass is 263 g/mol. The Morgan fingerprint density at radius 1 is 1.32 bits per heavy atom. The fourth-order valence-electron chi connectivity index (χ4n) is 1.75. The molecule has 6 heteroatoms. The molecule has 1 aromatic carbocycles. The highest BCUT2D eigenvalue weighted by molar-refractivity contribution is 5.78. The first-order valence-electron chi connectivity index (χ1n) is 5.89. The van der Waals surface area contributed by atoms with Gasteiger partial charge >= 0.3 is 0 Å². The minimum Gasteiger partial charge on any atom is -0.325 e. The van der Waals surface area contributed by atoms with E-state index in [0.717, 1.165) is 10.2 Å². The summed E-state index contributed by atoms with van der Waals surface area (Å²) in [6, 6.07) is 7.22. The molecule has 19 heavy (non-hydrogen) atoms. The average Bonchev–Trinajstić information content (AvgIpc) is 2.79. The van der Waals surface area contributed by atoms with Crippen molar-refractivity contribution in [3.8, 4) is 0 Å². The van der Waals surface area contributed by atoms with Gasteiger partial charge in [-0.25, -0.2) is 4.39 Å². The first-order chi connectivity index (χ1) is 9.10. The summed E-state index contributed by atoms with van der Waals surface area (Å²) in [5, 5.41) is 2.65. The van der Waals surface area contributed by atoms with E-state index in [-0.39, 0.29) is 24.7 Å². The van der Waals surface area contributed by atoms with Crippen molar-refractivity contribution >= 4 is 5.91 Å². The van der Waals surface area contributed by atoms with Crippen LogP contribution >= 0.6 is 0 Å². The van der Waals surface area contributed by atoms with Crippen molar-refractivity contribution in [1.29, 1.82) is 0 Å². The Morgan fingerprint density at radius 2 is 2.00 bits per heavy atom. The molecule has 0 atom stereocenters. The number of nitrogens with two attached hydrogens (primary N) is 1. The normalized spacial score (nSPS) is 10.6. The Balaban J connectivity index is 2.03. The Hall–Kier alpha value is -2.21. The molecule has 0 fully saturated rings. The fraction of sp³-hybridized carbons (Fsp3) is 0.231. The van der Waals surface area contributed by atoms with Gasteiger partial charge < -0.3 is 5.73 Å². The molecule has 0 saturated carbocycles. The van der Waals surface area contributed by atoms with E-state index in [1.807, 2.05) is 0 Å². The fourth-order valence-corrected chi connectivity index (χ4v) is 1.75. The Kier molecular flexibility index (Phi) is 3.91. The van der Waals surface area contributed by atoms with Gasteiger partial charge in [0.2, 0.25) is 5.91 Å². The summed E-state index contributed by atoms with van der Waals surface area (Å²) >= 11 is 0. The Bertz CT molecular complexity index is 628. The highest BCUT2D eigenvalue weighted by Gasteiger charge is 2.10. The lowest BCUT2D eigenvalue weighted by Crippen LogP contribution is -2.24. The molecule has 5 nitrogen and oxygen atoms in total. The maximum atomic E-state index is 12.7. The molecular weight excluding hydrogens is 249 g/mol. The third kappa shape index (κ3) is 3.17. The van der Waals surface area contributed by atoms with E-state index in [1.54, 1.807) is 12.1 Å². The van der Waals surface area contributed by atoms with Crippen molar-refractivity contribution in [3.05, 3.63) is 57.8 Å². The third-order valence-corrected chi connectivity index (χ3v) is 2.78. The lowest BCUT2D eigenvalue weighted by molar-refractivity contribution is 0.0882. The molecule has 1 heterocycles. The van der Waals surface area contributed by atoms with Gasteiger partial charge in [-0.1, -0.05) is 12.1 Å². The van der Waals surface area contributed by atoms with Gasteiger partial charge in [-0.2, -0.15) is 4.68 Å². The Labute approximate surface area is 108 Å². The van der Waals surface area contributed by atoms with Crippen molar-refractivity contribution in [2.24, 2.45) is 5.73 Å². The highest BCUT2D eigenvalue weighted by atomic mass is 19.1. The molecular formula is C13H14FN3O2. The van der Waals surface area contributed by atoms with Crippen LogP contribution in [0.3, 0.4) is 0 Å². The number of hydrogen-bond donors (Lipinski definition) is 2. The minimum absolute atomic E-state index is 0.163. The van der Waals surface area contributed by atoms with Crippen molar-refractivity contribution in [3.63, 3.8) is 0 Å². The summed E-state index contributed by atoms with van der Waals surface area (Å²) in [5.74, 6) is -0.655. The van der Waals surface area contributed by atoms with Crippen LogP contribution in [0.25, 0.3) is 0 Å². The van der Waals surface area contributed by atoms with E-state index in [4.69, 9.17) is 5.73 Å². The molecule has 0 saturated heterocycles. The van der Waals surface area contributed by atoms with Gasteiger partial charge in [0.1, 0.15) is 5.82 Å². The smallest absolute Gasteiger partial charge is 0.273 e. The molecule has 0 spiro atoms. The van der Waals surface area contributed by atoms with Gasteiger partial charge in [0.05, 0.1) is 5.69 Å². The lowest BCUT2D eigenvalue weighted by Gasteiger charge is -2.02. The van der Waals surface area contributed by atoms with Crippen molar-refractivity contribution in [1.82, 2.24) is 9.78 Å².